The summed E-state index contributed by atoms with van der Waals surface area (Å²) in [5.41, 5.74) is 0. The third-order valence-electron chi connectivity index (χ3n) is 7.39. The van der Waals surface area contributed by atoms with E-state index < -0.39 is 18.2 Å². The molecule has 1 amide bonds. The Morgan fingerprint density at radius 3 is 2.43 bits per heavy atom. The summed E-state index contributed by atoms with van der Waals surface area (Å²) in [5, 5.41) is 13.3. The average Bonchev–Trinajstić information content (AvgIpc) is 2.72. The van der Waals surface area contributed by atoms with E-state index in [1.165, 1.54) is 19.3 Å². The summed E-state index contributed by atoms with van der Waals surface area (Å²) in [6.45, 7) is 3.96. The zero-order valence-electron chi connectivity index (χ0n) is 18.2. The molecular weight excluding hydrogens is 395 g/mol. The van der Waals surface area contributed by atoms with Crippen LogP contribution in [0.1, 0.15) is 57.8 Å². The Balaban J connectivity index is 1.59. The van der Waals surface area contributed by atoms with Gasteiger partial charge in [-0.15, -0.1) is 0 Å². The van der Waals surface area contributed by atoms with Gasteiger partial charge in [0.15, 0.2) is 0 Å². The molecule has 0 aromatic heterocycles. The lowest BCUT2D eigenvalue weighted by Gasteiger charge is -2.41. The number of alkyl halides is 3. The van der Waals surface area contributed by atoms with Crippen LogP contribution in [0, 0.1) is 17.8 Å². The van der Waals surface area contributed by atoms with Gasteiger partial charge in [-0.3, -0.25) is 9.69 Å². The largest absolute Gasteiger partial charge is 0.393 e. The first-order valence-corrected chi connectivity index (χ1v) is 11.7. The summed E-state index contributed by atoms with van der Waals surface area (Å²) in [5.74, 6) is -1.13. The molecule has 0 spiro atoms. The van der Waals surface area contributed by atoms with Gasteiger partial charge in [0.1, 0.15) is 0 Å². The maximum absolute atomic E-state index is 13.4. The third kappa shape index (κ3) is 6.33. The smallest absolute Gasteiger partial charge is 0.391 e. The van der Waals surface area contributed by atoms with Gasteiger partial charge in [0.25, 0.3) is 0 Å². The minimum atomic E-state index is -4.25. The summed E-state index contributed by atoms with van der Waals surface area (Å²) in [4.78, 5) is 17.5. The highest BCUT2D eigenvalue weighted by Crippen LogP contribution is 2.41. The molecule has 0 radical (unpaired) electrons. The van der Waals surface area contributed by atoms with Crippen LogP contribution in [0.2, 0.25) is 0 Å². The molecule has 5 nitrogen and oxygen atoms in total. The van der Waals surface area contributed by atoms with E-state index in [1.807, 2.05) is 0 Å². The van der Waals surface area contributed by atoms with Crippen LogP contribution < -0.4 is 5.32 Å². The van der Waals surface area contributed by atoms with Gasteiger partial charge in [0, 0.05) is 39.8 Å². The molecule has 1 aliphatic heterocycles. The molecule has 3 aliphatic rings. The van der Waals surface area contributed by atoms with E-state index in [0.717, 1.165) is 39.0 Å². The Kier molecular flexibility index (Phi) is 8.44. The fraction of sp³-hybridized carbons (Fsp3) is 0.955. The zero-order valence-corrected chi connectivity index (χ0v) is 18.2. The van der Waals surface area contributed by atoms with Gasteiger partial charge in [-0.25, -0.2) is 0 Å². The van der Waals surface area contributed by atoms with E-state index in [2.05, 4.69) is 10.2 Å². The molecule has 2 N–H and O–H groups in total. The number of halogens is 3. The number of hydrogen-bond donors (Lipinski definition) is 2. The Hall–Kier alpha value is -0.860. The van der Waals surface area contributed by atoms with Crippen molar-refractivity contribution in [2.24, 2.45) is 17.8 Å². The lowest BCUT2D eigenvalue weighted by molar-refractivity contribution is -0.195. The van der Waals surface area contributed by atoms with E-state index in [0.29, 0.717) is 25.3 Å². The highest BCUT2D eigenvalue weighted by Gasteiger charge is 2.44. The quantitative estimate of drug-likeness (QED) is 0.676. The SMILES string of the molecule is CN(CCC1CC(O)CC(C(F)(F)F)C1)C(=O)[C@H](C1CCCCC1)N1CCNCC1. The summed E-state index contributed by atoms with van der Waals surface area (Å²) < 4.78 is 39.4. The molecule has 8 heteroatoms. The third-order valence-corrected chi connectivity index (χ3v) is 7.39. The van der Waals surface area contributed by atoms with Gasteiger partial charge in [0.2, 0.25) is 5.91 Å². The fourth-order valence-electron chi connectivity index (χ4n) is 5.69. The second-order valence-electron chi connectivity index (χ2n) is 9.64. The van der Waals surface area contributed by atoms with E-state index in [-0.39, 0.29) is 30.7 Å². The summed E-state index contributed by atoms with van der Waals surface area (Å²) >= 11 is 0. The molecule has 0 aromatic carbocycles. The number of amides is 1. The predicted molar refractivity (Wildman–Crippen MR) is 110 cm³/mol. The minimum Gasteiger partial charge on any atom is -0.393 e. The Morgan fingerprint density at radius 1 is 1.13 bits per heavy atom. The summed E-state index contributed by atoms with van der Waals surface area (Å²) in [6, 6.07) is -0.114. The van der Waals surface area contributed by atoms with E-state index in [9.17, 15) is 23.1 Å². The zero-order chi connectivity index (χ0) is 21.7. The van der Waals surface area contributed by atoms with Gasteiger partial charge >= 0.3 is 6.18 Å². The standard InChI is InChI=1S/C22H38F3N3O2/c1-27(10-7-16-13-18(22(23,24)25)15-19(29)14-16)21(30)20(17-5-3-2-4-6-17)28-11-8-26-9-12-28/h16-20,26,29H,2-15H2,1H3/t16?,18?,19?,20-/m0/s1. The highest BCUT2D eigenvalue weighted by molar-refractivity contribution is 5.82. The van der Waals surface area contributed by atoms with Crippen LogP contribution in [-0.4, -0.2) is 78.9 Å². The molecule has 2 aliphatic carbocycles. The molecule has 1 saturated heterocycles. The number of aliphatic hydroxyl groups is 1. The lowest BCUT2D eigenvalue weighted by atomic mass is 9.78. The Labute approximate surface area is 178 Å². The topological polar surface area (TPSA) is 55.8 Å². The van der Waals surface area contributed by atoms with Gasteiger partial charge in [-0.2, -0.15) is 13.2 Å². The Bertz CT molecular complexity index is 530. The van der Waals surface area contributed by atoms with Crippen molar-refractivity contribution < 1.29 is 23.1 Å². The number of piperazine rings is 1. The maximum atomic E-state index is 13.4. The van der Waals surface area contributed by atoms with Crippen molar-refractivity contribution in [3.63, 3.8) is 0 Å². The predicted octanol–water partition coefficient (Wildman–Crippen LogP) is 3.03. The van der Waals surface area contributed by atoms with Crippen molar-refractivity contribution in [2.75, 3.05) is 39.8 Å². The average molecular weight is 434 g/mol. The van der Waals surface area contributed by atoms with Gasteiger partial charge < -0.3 is 15.3 Å². The number of rotatable bonds is 6. The number of carbonyl (C=O) groups excluding carboxylic acids is 1. The van der Waals surface area contributed by atoms with Crippen LogP contribution in [0.4, 0.5) is 13.2 Å². The van der Waals surface area contributed by atoms with Gasteiger partial charge in [0.05, 0.1) is 18.1 Å². The number of carbonyl (C=O) groups is 1. The van der Waals surface area contributed by atoms with E-state index in [1.54, 1.807) is 11.9 Å². The highest BCUT2D eigenvalue weighted by atomic mass is 19.4. The van der Waals surface area contributed by atoms with Crippen molar-refractivity contribution in [2.45, 2.75) is 76.1 Å². The molecule has 174 valence electrons. The van der Waals surface area contributed by atoms with Crippen molar-refractivity contribution >= 4 is 5.91 Å². The molecular formula is C22H38F3N3O2. The minimum absolute atomic E-state index is 0.0619. The van der Waals surface area contributed by atoms with Crippen LogP contribution in [0.3, 0.4) is 0 Å². The molecule has 0 bridgehead atoms. The molecule has 3 rings (SSSR count). The van der Waals surface area contributed by atoms with Crippen LogP contribution in [0.15, 0.2) is 0 Å². The fourth-order valence-corrected chi connectivity index (χ4v) is 5.69. The number of nitrogens with one attached hydrogen (secondary N) is 1. The van der Waals surface area contributed by atoms with Crippen molar-refractivity contribution in [3.05, 3.63) is 0 Å². The van der Waals surface area contributed by atoms with Crippen LogP contribution in [0.5, 0.6) is 0 Å². The Morgan fingerprint density at radius 2 is 1.80 bits per heavy atom. The first kappa shape index (κ1) is 23.8. The monoisotopic (exact) mass is 433 g/mol. The number of nitrogens with zero attached hydrogens (tertiary/aromatic N) is 2. The van der Waals surface area contributed by atoms with E-state index >= 15 is 0 Å². The molecule has 4 atom stereocenters. The van der Waals surface area contributed by atoms with Gasteiger partial charge in [-0.05, 0) is 50.4 Å². The number of aliphatic hydroxyl groups excluding tert-OH is 1. The number of likely N-dealkylation sites (N-methyl/N-ethyl adjacent to an activating group) is 1. The van der Waals surface area contributed by atoms with Gasteiger partial charge in [-0.1, -0.05) is 19.3 Å². The van der Waals surface area contributed by atoms with Crippen molar-refractivity contribution in [3.8, 4) is 0 Å². The normalized spacial score (nSPS) is 30.8. The first-order valence-electron chi connectivity index (χ1n) is 11.7. The molecule has 30 heavy (non-hydrogen) atoms. The van der Waals surface area contributed by atoms with Crippen LogP contribution >= 0.6 is 0 Å². The number of hydrogen-bond acceptors (Lipinski definition) is 4. The second kappa shape index (κ2) is 10.6. The van der Waals surface area contributed by atoms with Crippen molar-refractivity contribution in [1.82, 2.24) is 15.1 Å². The lowest BCUT2D eigenvalue weighted by Crippen LogP contribution is -2.57. The second-order valence-corrected chi connectivity index (χ2v) is 9.64. The van der Waals surface area contributed by atoms with Crippen LogP contribution in [0.25, 0.3) is 0 Å². The summed E-state index contributed by atoms with van der Waals surface area (Å²) in [7, 11) is 1.79. The molecule has 3 fully saturated rings. The maximum Gasteiger partial charge on any atom is 0.391 e. The molecule has 0 aromatic rings. The van der Waals surface area contributed by atoms with Crippen LogP contribution in [-0.2, 0) is 4.79 Å². The van der Waals surface area contributed by atoms with Crippen molar-refractivity contribution in [1.29, 1.82) is 0 Å². The summed E-state index contributed by atoms with van der Waals surface area (Å²) in [6.07, 6.45) is 1.37. The molecule has 2 saturated carbocycles. The molecule has 1 heterocycles. The molecule has 3 unspecified atom stereocenters. The first-order chi connectivity index (χ1) is 14.3. The van der Waals surface area contributed by atoms with E-state index in [4.69, 9.17) is 0 Å².